The van der Waals surface area contributed by atoms with Gasteiger partial charge >= 0.3 is 5.97 Å². The maximum atomic E-state index is 11.0. The summed E-state index contributed by atoms with van der Waals surface area (Å²) in [6.07, 6.45) is 1.74. The molecule has 0 spiro atoms. The third-order valence-corrected chi connectivity index (χ3v) is 3.06. The highest BCUT2D eigenvalue weighted by atomic mass is 16.4. The fraction of sp³-hybridized carbons (Fsp3) is 0. The normalized spacial score (nSPS) is 10.5. The van der Waals surface area contributed by atoms with Gasteiger partial charge in [0.2, 0.25) is 0 Å². The number of nitrogens with zero attached hydrogens (tertiary/aromatic N) is 1. The molecule has 1 N–H and O–H groups in total. The van der Waals surface area contributed by atoms with E-state index in [9.17, 15) is 4.79 Å². The van der Waals surface area contributed by atoms with Gasteiger partial charge in [0.1, 0.15) is 0 Å². The monoisotopic (exact) mass is 249 g/mol. The van der Waals surface area contributed by atoms with Crippen LogP contribution in [0.4, 0.5) is 0 Å². The van der Waals surface area contributed by atoms with Gasteiger partial charge in [0.25, 0.3) is 0 Å². The van der Waals surface area contributed by atoms with Gasteiger partial charge in [-0.2, -0.15) is 0 Å². The standard InChI is InChI=1S/C16H11NO2/c18-16(19)13-6-3-5-12(10-13)15-14-7-2-1-4-11(14)8-9-17-15/h1-10H,(H,18,19). The smallest absolute Gasteiger partial charge is 0.335 e. The summed E-state index contributed by atoms with van der Waals surface area (Å²) in [5.74, 6) is -0.929. The molecule has 0 aliphatic rings. The van der Waals surface area contributed by atoms with Crippen LogP contribution < -0.4 is 0 Å². The van der Waals surface area contributed by atoms with Crippen LogP contribution in [0.25, 0.3) is 22.0 Å². The predicted molar refractivity (Wildman–Crippen MR) is 74.1 cm³/mol. The number of benzene rings is 2. The topological polar surface area (TPSA) is 50.2 Å². The fourth-order valence-electron chi connectivity index (χ4n) is 2.15. The number of fused-ring (bicyclic) bond motifs is 1. The summed E-state index contributed by atoms with van der Waals surface area (Å²) in [5, 5.41) is 11.2. The number of rotatable bonds is 2. The number of pyridine rings is 1. The van der Waals surface area contributed by atoms with Crippen LogP contribution >= 0.6 is 0 Å². The second-order valence-electron chi connectivity index (χ2n) is 4.27. The minimum atomic E-state index is -0.929. The van der Waals surface area contributed by atoms with Crippen LogP contribution in [-0.4, -0.2) is 16.1 Å². The highest BCUT2D eigenvalue weighted by molar-refractivity contribution is 5.96. The van der Waals surface area contributed by atoms with E-state index in [0.717, 1.165) is 22.0 Å². The third-order valence-electron chi connectivity index (χ3n) is 3.06. The molecular formula is C16H11NO2. The number of hydrogen-bond acceptors (Lipinski definition) is 2. The molecule has 3 rings (SSSR count). The van der Waals surface area contributed by atoms with Gasteiger partial charge in [0.05, 0.1) is 11.3 Å². The van der Waals surface area contributed by atoms with E-state index >= 15 is 0 Å². The van der Waals surface area contributed by atoms with Gasteiger partial charge in [-0.1, -0.05) is 36.4 Å². The summed E-state index contributed by atoms with van der Waals surface area (Å²) in [6, 6.07) is 16.7. The van der Waals surface area contributed by atoms with E-state index in [-0.39, 0.29) is 5.56 Å². The number of carboxylic acid groups (broad SMARTS) is 1. The van der Waals surface area contributed by atoms with Gasteiger partial charge in [0.15, 0.2) is 0 Å². The zero-order valence-corrected chi connectivity index (χ0v) is 10.1. The molecule has 0 fully saturated rings. The molecule has 0 bridgehead atoms. The molecule has 0 aliphatic carbocycles. The Morgan fingerprint density at radius 2 is 1.84 bits per heavy atom. The lowest BCUT2D eigenvalue weighted by atomic mass is 10.0. The molecule has 19 heavy (non-hydrogen) atoms. The Kier molecular flexibility index (Phi) is 2.72. The second-order valence-corrected chi connectivity index (χ2v) is 4.27. The first kappa shape index (κ1) is 11.4. The Bertz CT molecular complexity index is 760. The number of hydrogen-bond donors (Lipinski definition) is 1. The highest BCUT2D eigenvalue weighted by Gasteiger charge is 2.08. The molecule has 3 aromatic rings. The molecule has 92 valence electrons. The van der Waals surface area contributed by atoms with Gasteiger partial charge in [-0.25, -0.2) is 4.79 Å². The average molecular weight is 249 g/mol. The van der Waals surface area contributed by atoms with Gasteiger partial charge in [0, 0.05) is 17.1 Å². The Morgan fingerprint density at radius 3 is 2.68 bits per heavy atom. The van der Waals surface area contributed by atoms with Crippen molar-refractivity contribution in [3.05, 3.63) is 66.4 Å². The first-order valence-corrected chi connectivity index (χ1v) is 5.93. The fourth-order valence-corrected chi connectivity index (χ4v) is 2.15. The minimum Gasteiger partial charge on any atom is -0.478 e. The van der Waals surface area contributed by atoms with Crippen molar-refractivity contribution in [2.45, 2.75) is 0 Å². The van der Waals surface area contributed by atoms with Crippen molar-refractivity contribution in [1.29, 1.82) is 0 Å². The largest absolute Gasteiger partial charge is 0.478 e. The van der Waals surface area contributed by atoms with Crippen molar-refractivity contribution in [2.75, 3.05) is 0 Å². The Morgan fingerprint density at radius 1 is 1.00 bits per heavy atom. The van der Waals surface area contributed by atoms with E-state index in [1.807, 2.05) is 36.4 Å². The highest BCUT2D eigenvalue weighted by Crippen LogP contribution is 2.26. The van der Waals surface area contributed by atoms with Crippen molar-refractivity contribution in [3.8, 4) is 11.3 Å². The Labute approximate surface area is 110 Å². The maximum absolute atomic E-state index is 11.0. The molecule has 0 radical (unpaired) electrons. The molecule has 0 unspecified atom stereocenters. The van der Waals surface area contributed by atoms with Crippen molar-refractivity contribution in [3.63, 3.8) is 0 Å². The van der Waals surface area contributed by atoms with Crippen molar-refractivity contribution < 1.29 is 9.90 Å². The molecule has 3 nitrogen and oxygen atoms in total. The number of aromatic nitrogens is 1. The molecule has 3 heteroatoms. The van der Waals surface area contributed by atoms with Crippen molar-refractivity contribution >= 4 is 16.7 Å². The number of carbonyl (C=O) groups is 1. The van der Waals surface area contributed by atoms with Crippen LogP contribution in [0.1, 0.15) is 10.4 Å². The number of aromatic carboxylic acids is 1. The molecule has 0 aliphatic heterocycles. The molecule has 1 heterocycles. The maximum Gasteiger partial charge on any atom is 0.335 e. The van der Waals surface area contributed by atoms with E-state index < -0.39 is 5.97 Å². The quantitative estimate of drug-likeness (QED) is 0.754. The molecule has 0 saturated carbocycles. The lowest BCUT2D eigenvalue weighted by molar-refractivity contribution is 0.0697. The minimum absolute atomic E-state index is 0.271. The van der Waals surface area contributed by atoms with Gasteiger partial charge in [-0.05, 0) is 23.6 Å². The second kappa shape index (κ2) is 4.53. The first-order valence-electron chi connectivity index (χ1n) is 5.93. The van der Waals surface area contributed by atoms with Crippen LogP contribution in [0.5, 0.6) is 0 Å². The third kappa shape index (κ3) is 2.06. The zero-order chi connectivity index (χ0) is 13.2. The van der Waals surface area contributed by atoms with E-state index in [0.29, 0.717) is 0 Å². The van der Waals surface area contributed by atoms with Crippen molar-refractivity contribution in [2.24, 2.45) is 0 Å². The molecule has 0 amide bonds. The number of carboxylic acids is 1. The molecule has 2 aromatic carbocycles. The predicted octanol–water partition coefficient (Wildman–Crippen LogP) is 3.60. The van der Waals surface area contributed by atoms with Crippen LogP contribution in [0, 0.1) is 0 Å². The van der Waals surface area contributed by atoms with Gasteiger partial charge < -0.3 is 5.11 Å². The SMILES string of the molecule is O=C(O)c1cccc(-c2nccc3ccccc23)c1. The van der Waals surface area contributed by atoms with Gasteiger partial charge in [-0.15, -0.1) is 0 Å². The summed E-state index contributed by atoms with van der Waals surface area (Å²) in [7, 11) is 0. The van der Waals surface area contributed by atoms with Crippen molar-refractivity contribution in [1.82, 2.24) is 4.98 Å². The van der Waals surface area contributed by atoms with E-state index in [2.05, 4.69) is 4.98 Å². The molecule has 0 saturated heterocycles. The van der Waals surface area contributed by atoms with Crippen LogP contribution in [-0.2, 0) is 0 Å². The summed E-state index contributed by atoms with van der Waals surface area (Å²) in [5.41, 5.74) is 1.89. The first-order chi connectivity index (χ1) is 9.25. The van der Waals surface area contributed by atoms with E-state index in [1.54, 1.807) is 24.4 Å². The molecule has 1 aromatic heterocycles. The average Bonchev–Trinajstić information content (AvgIpc) is 2.47. The summed E-state index contributed by atoms with van der Waals surface area (Å²) < 4.78 is 0. The van der Waals surface area contributed by atoms with E-state index in [4.69, 9.17) is 5.11 Å². The lowest BCUT2D eigenvalue weighted by Gasteiger charge is -2.06. The van der Waals surface area contributed by atoms with Crippen LogP contribution in [0.2, 0.25) is 0 Å². The summed E-state index contributed by atoms with van der Waals surface area (Å²) >= 11 is 0. The van der Waals surface area contributed by atoms with Gasteiger partial charge in [-0.3, -0.25) is 4.98 Å². The molecule has 0 atom stereocenters. The summed E-state index contributed by atoms with van der Waals surface area (Å²) in [6.45, 7) is 0. The Balaban J connectivity index is 2.24. The lowest BCUT2D eigenvalue weighted by Crippen LogP contribution is -1.96. The zero-order valence-electron chi connectivity index (χ0n) is 10.1. The van der Waals surface area contributed by atoms with E-state index in [1.165, 1.54) is 0 Å². The molecular weight excluding hydrogens is 238 g/mol. The Hall–Kier alpha value is -2.68. The van der Waals surface area contributed by atoms with Crippen LogP contribution in [0.3, 0.4) is 0 Å². The van der Waals surface area contributed by atoms with Crippen LogP contribution in [0.15, 0.2) is 60.8 Å². The summed E-state index contributed by atoms with van der Waals surface area (Å²) in [4.78, 5) is 15.4.